The van der Waals surface area contributed by atoms with Crippen LogP contribution in [0.2, 0.25) is 5.15 Å². The van der Waals surface area contributed by atoms with Gasteiger partial charge >= 0.3 is 6.03 Å². The molecule has 162 valence electrons. The van der Waals surface area contributed by atoms with Crippen LogP contribution in [0.25, 0.3) is 5.65 Å². The molecule has 11 heteroatoms. The summed E-state index contributed by atoms with van der Waals surface area (Å²) in [5, 5.41) is 9.62. The molecule has 2 aliphatic rings. The van der Waals surface area contributed by atoms with Crippen molar-refractivity contribution in [3.63, 3.8) is 0 Å². The van der Waals surface area contributed by atoms with E-state index in [9.17, 15) is 18.0 Å². The van der Waals surface area contributed by atoms with Crippen LogP contribution in [0.3, 0.4) is 0 Å². The third-order valence-corrected chi connectivity index (χ3v) is 5.70. The minimum Gasteiger partial charge on any atom is -0.346 e. The van der Waals surface area contributed by atoms with Gasteiger partial charge in [-0.2, -0.15) is 5.10 Å². The maximum Gasteiger partial charge on any atom is 0.319 e. The summed E-state index contributed by atoms with van der Waals surface area (Å²) < 4.78 is 43.9. The zero-order valence-electron chi connectivity index (χ0n) is 16.2. The molecule has 5 rings (SSSR count). The molecule has 0 radical (unpaired) electrons. The molecule has 2 atom stereocenters. The monoisotopic (exact) mass is 450 g/mol. The number of amides is 2. The predicted molar refractivity (Wildman–Crippen MR) is 109 cm³/mol. The molecule has 7 nitrogen and oxygen atoms in total. The van der Waals surface area contributed by atoms with E-state index in [1.807, 2.05) is 0 Å². The zero-order valence-corrected chi connectivity index (χ0v) is 16.9. The van der Waals surface area contributed by atoms with E-state index in [1.54, 1.807) is 17.2 Å². The van der Waals surface area contributed by atoms with Gasteiger partial charge in [0.1, 0.15) is 29.3 Å². The fourth-order valence-corrected chi connectivity index (χ4v) is 4.04. The van der Waals surface area contributed by atoms with Crippen molar-refractivity contribution < 1.29 is 18.0 Å². The van der Waals surface area contributed by atoms with Crippen molar-refractivity contribution in [3.05, 3.63) is 52.8 Å². The summed E-state index contributed by atoms with van der Waals surface area (Å²) in [6.07, 6.45) is 2.19. The normalized spacial score (nSPS) is 21.0. The van der Waals surface area contributed by atoms with Gasteiger partial charge in [-0.25, -0.2) is 27.5 Å². The van der Waals surface area contributed by atoms with Gasteiger partial charge in [-0.15, -0.1) is 0 Å². The number of nitrogens with zero attached hydrogens (tertiary/aromatic N) is 4. The Kier molecular flexibility index (Phi) is 4.88. The van der Waals surface area contributed by atoms with E-state index >= 15 is 0 Å². The summed E-state index contributed by atoms with van der Waals surface area (Å²) in [5.74, 6) is -0.876. The van der Waals surface area contributed by atoms with Crippen molar-refractivity contribution in [2.75, 3.05) is 16.8 Å². The highest BCUT2D eigenvalue weighted by atomic mass is 35.5. The van der Waals surface area contributed by atoms with Crippen molar-refractivity contribution in [1.82, 2.24) is 19.9 Å². The SMILES string of the molecule is O=C(Nc1c(Cl)nn2ccc(N3C[C@H](F)C[C@@H]3c3cc(F)ccc3F)nc12)NC1CC1. The van der Waals surface area contributed by atoms with E-state index < -0.39 is 29.9 Å². The summed E-state index contributed by atoms with van der Waals surface area (Å²) in [7, 11) is 0. The van der Waals surface area contributed by atoms with E-state index in [0.717, 1.165) is 31.0 Å². The second-order valence-corrected chi connectivity index (χ2v) is 8.12. The number of carbonyl (C=O) groups excluding carboxylic acids is 1. The average molecular weight is 451 g/mol. The number of urea groups is 1. The Morgan fingerprint density at radius 2 is 2.03 bits per heavy atom. The minimum absolute atomic E-state index is 0.00214. The molecule has 31 heavy (non-hydrogen) atoms. The van der Waals surface area contributed by atoms with E-state index in [-0.39, 0.29) is 41.1 Å². The number of nitrogens with one attached hydrogen (secondary N) is 2. The fourth-order valence-electron chi connectivity index (χ4n) is 3.83. The van der Waals surface area contributed by atoms with Crippen LogP contribution in [0.4, 0.5) is 29.5 Å². The molecule has 1 saturated heterocycles. The third-order valence-electron chi connectivity index (χ3n) is 5.44. The molecule has 1 saturated carbocycles. The maximum absolute atomic E-state index is 14.4. The van der Waals surface area contributed by atoms with Gasteiger partial charge in [-0.3, -0.25) is 0 Å². The first-order valence-corrected chi connectivity index (χ1v) is 10.2. The Bertz CT molecular complexity index is 1170. The maximum atomic E-state index is 14.4. The number of halogens is 4. The molecule has 1 aliphatic carbocycles. The topological polar surface area (TPSA) is 74.6 Å². The first-order valence-electron chi connectivity index (χ1n) is 9.87. The van der Waals surface area contributed by atoms with Crippen LogP contribution in [0.15, 0.2) is 30.5 Å². The molecule has 2 amide bonds. The number of alkyl halides is 1. The number of hydrogen-bond donors (Lipinski definition) is 2. The lowest BCUT2D eigenvalue weighted by Gasteiger charge is -2.26. The Hall–Kier alpha value is -3.01. The fraction of sp³-hybridized carbons (Fsp3) is 0.350. The van der Waals surface area contributed by atoms with Crippen molar-refractivity contribution >= 4 is 34.8 Å². The lowest BCUT2D eigenvalue weighted by Crippen LogP contribution is -2.30. The van der Waals surface area contributed by atoms with Crippen LogP contribution in [0, 0.1) is 11.6 Å². The van der Waals surface area contributed by atoms with Gasteiger partial charge in [-0.05, 0) is 37.1 Å². The highest BCUT2D eigenvalue weighted by Crippen LogP contribution is 2.38. The van der Waals surface area contributed by atoms with Gasteiger partial charge < -0.3 is 15.5 Å². The number of aromatic nitrogens is 3. The number of benzene rings is 1. The molecular formula is C20H18ClF3N6O. The standard InChI is InChI=1S/C20H18ClF3N6O/c21-18-17(27-20(31)25-12-2-3-12)19-26-16(5-6-30(19)28-18)29-9-11(23)8-15(29)13-7-10(22)1-4-14(13)24/h1,4-7,11-12,15H,2-3,8-9H2,(H2,25,27,31)/t11-,15-/m1/s1. The molecule has 3 heterocycles. The van der Waals surface area contributed by atoms with Crippen molar-refractivity contribution in [2.24, 2.45) is 0 Å². The van der Waals surface area contributed by atoms with Gasteiger partial charge in [0.15, 0.2) is 10.8 Å². The Balaban J connectivity index is 1.50. The van der Waals surface area contributed by atoms with E-state index in [1.165, 1.54) is 4.52 Å². The minimum atomic E-state index is -1.24. The Morgan fingerprint density at radius 3 is 2.81 bits per heavy atom. The first kappa shape index (κ1) is 19.9. The molecule has 2 fully saturated rings. The van der Waals surface area contributed by atoms with E-state index in [4.69, 9.17) is 11.6 Å². The summed E-state index contributed by atoms with van der Waals surface area (Å²) >= 11 is 6.18. The highest BCUT2D eigenvalue weighted by molar-refractivity contribution is 6.33. The Labute approximate surface area is 180 Å². The zero-order chi connectivity index (χ0) is 21.7. The van der Waals surface area contributed by atoms with Crippen molar-refractivity contribution in [3.8, 4) is 0 Å². The third kappa shape index (κ3) is 3.87. The molecule has 0 unspecified atom stereocenters. The smallest absolute Gasteiger partial charge is 0.319 e. The van der Waals surface area contributed by atoms with Crippen LogP contribution in [-0.2, 0) is 0 Å². The number of anilines is 2. The van der Waals surface area contributed by atoms with Crippen LogP contribution < -0.4 is 15.5 Å². The largest absolute Gasteiger partial charge is 0.346 e. The van der Waals surface area contributed by atoms with Crippen molar-refractivity contribution in [1.29, 1.82) is 0 Å². The van der Waals surface area contributed by atoms with E-state index in [0.29, 0.717) is 5.82 Å². The quantitative estimate of drug-likeness (QED) is 0.623. The second-order valence-electron chi connectivity index (χ2n) is 7.76. The molecule has 1 aromatic carbocycles. The lowest BCUT2D eigenvalue weighted by molar-refractivity contribution is 0.251. The highest BCUT2D eigenvalue weighted by Gasteiger charge is 2.36. The molecular weight excluding hydrogens is 433 g/mol. The van der Waals surface area contributed by atoms with E-state index in [2.05, 4.69) is 20.7 Å². The van der Waals surface area contributed by atoms with Crippen LogP contribution >= 0.6 is 11.6 Å². The predicted octanol–water partition coefficient (Wildman–Crippen LogP) is 4.23. The van der Waals surface area contributed by atoms with Gasteiger partial charge in [-0.1, -0.05) is 11.6 Å². The summed E-state index contributed by atoms with van der Waals surface area (Å²) in [5.41, 5.74) is 0.538. The number of rotatable bonds is 4. The van der Waals surface area contributed by atoms with Gasteiger partial charge in [0.2, 0.25) is 0 Å². The van der Waals surface area contributed by atoms with Crippen LogP contribution in [0.1, 0.15) is 30.9 Å². The summed E-state index contributed by atoms with van der Waals surface area (Å²) in [4.78, 5) is 18.3. The molecule has 1 aliphatic heterocycles. The summed E-state index contributed by atoms with van der Waals surface area (Å²) in [6, 6.07) is 3.72. The van der Waals surface area contributed by atoms with Crippen LogP contribution in [0.5, 0.6) is 0 Å². The number of fused-ring (bicyclic) bond motifs is 1. The van der Waals surface area contributed by atoms with Crippen molar-refractivity contribution in [2.45, 2.75) is 37.5 Å². The molecule has 3 aromatic rings. The second kappa shape index (κ2) is 7.60. The van der Waals surface area contributed by atoms with Gasteiger partial charge in [0.05, 0.1) is 12.6 Å². The number of carbonyl (C=O) groups is 1. The Morgan fingerprint density at radius 1 is 1.23 bits per heavy atom. The summed E-state index contributed by atoms with van der Waals surface area (Å²) in [6.45, 7) is -0.0312. The van der Waals surface area contributed by atoms with Gasteiger partial charge in [0.25, 0.3) is 0 Å². The molecule has 0 bridgehead atoms. The molecule has 2 aromatic heterocycles. The first-order chi connectivity index (χ1) is 14.9. The molecule has 0 spiro atoms. The van der Waals surface area contributed by atoms with Gasteiger partial charge in [0, 0.05) is 24.2 Å². The lowest BCUT2D eigenvalue weighted by atomic mass is 10.0. The molecule has 2 N–H and O–H groups in total. The average Bonchev–Trinajstić information content (AvgIpc) is 3.38. The van der Waals surface area contributed by atoms with Crippen LogP contribution in [-0.4, -0.2) is 39.4 Å². The number of hydrogen-bond acceptors (Lipinski definition) is 4.